The number of hydrogen-bond acceptors (Lipinski definition) is 3. The maximum atomic E-state index is 6.76. The molecule has 0 spiro atoms. The van der Waals surface area contributed by atoms with E-state index in [9.17, 15) is 0 Å². The molecule has 6 rings (SSSR count). The smallest absolute Gasteiger partial charge is 0.153 e. The third-order valence-corrected chi connectivity index (χ3v) is 9.46. The average molecular weight is 468 g/mol. The van der Waals surface area contributed by atoms with Crippen molar-refractivity contribution >= 4 is 43.4 Å². The standard InChI is InChI=1S/C31H33NOS/c1-29(2,3)18-13-16-32-23(17-18)21-10-8-9-19-20-11-12-22-24-28(31(6,7)15-14-30(24,4)5)34-27(22)26(20)33-25(19)21/h8-13,16-17H,14-15H2,1-7H3. The SMILES string of the molecule is CC(C)(C)c1ccnc(-c2cccc3c2oc2c3ccc3c4c(sc32)C(C)(C)CCC4(C)C)c1. The van der Waals surface area contributed by atoms with E-state index in [-0.39, 0.29) is 16.2 Å². The molecule has 5 aromatic rings. The monoisotopic (exact) mass is 467 g/mol. The molecule has 2 aromatic carbocycles. The molecule has 2 nitrogen and oxygen atoms in total. The number of aromatic nitrogens is 1. The van der Waals surface area contributed by atoms with Crippen LogP contribution in [0.3, 0.4) is 0 Å². The van der Waals surface area contributed by atoms with E-state index in [1.807, 2.05) is 17.5 Å². The van der Waals surface area contributed by atoms with Crippen LogP contribution in [0.4, 0.5) is 0 Å². The van der Waals surface area contributed by atoms with E-state index in [0.29, 0.717) is 0 Å². The topological polar surface area (TPSA) is 26.0 Å². The summed E-state index contributed by atoms with van der Waals surface area (Å²) in [6.07, 6.45) is 4.37. The molecule has 174 valence electrons. The Labute approximate surface area is 206 Å². The van der Waals surface area contributed by atoms with Gasteiger partial charge in [0.2, 0.25) is 0 Å². The fraction of sp³-hybridized carbons (Fsp3) is 0.387. The molecule has 0 unspecified atom stereocenters. The number of thiophene rings is 1. The molecule has 1 aliphatic rings. The Morgan fingerprint density at radius 3 is 2.32 bits per heavy atom. The number of hydrogen-bond donors (Lipinski definition) is 0. The van der Waals surface area contributed by atoms with Gasteiger partial charge in [-0.15, -0.1) is 11.3 Å². The van der Waals surface area contributed by atoms with Crippen molar-refractivity contribution in [2.45, 2.75) is 77.6 Å². The second kappa shape index (κ2) is 6.95. The zero-order chi connectivity index (χ0) is 24.0. The molecule has 0 saturated heterocycles. The molecule has 3 heteroatoms. The molecule has 3 heterocycles. The first-order valence-corrected chi connectivity index (χ1v) is 13.2. The van der Waals surface area contributed by atoms with Gasteiger partial charge in [-0.25, -0.2) is 0 Å². The van der Waals surface area contributed by atoms with Gasteiger partial charge in [-0.2, -0.15) is 0 Å². The molecule has 0 N–H and O–H groups in total. The number of pyridine rings is 1. The van der Waals surface area contributed by atoms with Gasteiger partial charge in [0.25, 0.3) is 0 Å². The van der Waals surface area contributed by atoms with Gasteiger partial charge in [-0.1, -0.05) is 66.7 Å². The van der Waals surface area contributed by atoms with Crippen LogP contribution >= 0.6 is 11.3 Å². The summed E-state index contributed by atoms with van der Waals surface area (Å²) in [7, 11) is 0. The zero-order valence-electron chi connectivity index (χ0n) is 21.3. The fourth-order valence-electron chi connectivity index (χ4n) is 5.67. The molecule has 0 radical (unpaired) electrons. The molecule has 0 atom stereocenters. The van der Waals surface area contributed by atoms with E-state index in [1.54, 1.807) is 0 Å². The van der Waals surface area contributed by atoms with Gasteiger partial charge in [0.05, 0.1) is 10.4 Å². The number of para-hydroxylation sites is 1. The molecular formula is C31H33NOS. The first kappa shape index (κ1) is 21.9. The van der Waals surface area contributed by atoms with Gasteiger partial charge >= 0.3 is 0 Å². The van der Waals surface area contributed by atoms with Crippen LogP contribution in [0, 0.1) is 0 Å². The number of nitrogens with zero attached hydrogens (tertiary/aromatic N) is 1. The van der Waals surface area contributed by atoms with Crippen molar-refractivity contribution in [1.29, 1.82) is 0 Å². The van der Waals surface area contributed by atoms with Crippen LogP contribution in [0.1, 0.15) is 77.3 Å². The lowest BCUT2D eigenvalue weighted by Gasteiger charge is -2.39. The van der Waals surface area contributed by atoms with Gasteiger partial charge in [0, 0.05) is 32.8 Å². The number of fused-ring (bicyclic) bond motifs is 7. The summed E-state index contributed by atoms with van der Waals surface area (Å²) in [6.45, 7) is 16.3. The molecule has 0 saturated carbocycles. The highest BCUT2D eigenvalue weighted by Crippen LogP contribution is 2.54. The van der Waals surface area contributed by atoms with Crippen LogP contribution < -0.4 is 0 Å². The number of furan rings is 1. The molecule has 3 aromatic heterocycles. The fourth-order valence-corrected chi connectivity index (χ4v) is 7.26. The highest BCUT2D eigenvalue weighted by atomic mass is 32.1. The highest BCUT2D eigenvalue weighted by molar-refractivity contribution is 7.20. The molecule has 0 fully saturated rings. The van der Waals surface area contributed by atoms with Gasteiger partial charge in [0.1, 0.15) is 5.58 Å². The summed E-state index contributed by atoms with van der Waals surface area (Å²) in [5, 5.41) is 3.74. The maximum absolute atomic E-state index is 6.76. The van der Waals surface area contributed by atoms with Crippen LogP contribution in [0.5, 0.6) is 0 Å². The minimum absolute atomic E-state index is 0.0707. The predicted molar refractivity (Wildman–Crippen MR) is 146 cm³/mol. The summed E-state index contributed by atoms with van der Waals surface area (Å²) in [5.74, 6) is 0. The van der Waals surface area contributed by atoms with Crippen LogP contribution in [0.2, 0.25) is 0 Å². The van der Waals surface area contributed by atoms with E-state index in [0.717, 1.165) is 22.4 Å². The van der Waals surface area contributed by atoms with Crippen molar-refractivity contribution in [3.63, 3.8) is 0 Å². The Morgan fingerprint density at radius 1 is 0.853 bits per heavy atom. The van der Waals surface area contributed by atoms with Crippen molar-refractivity contribution in [3.8, 4) is 11.3 Å². The summed E-state index contributed by atoms with van der Waals surface area (Å²) < 4.78 is 8.06. The summed E-state index contributed by atoms with van der Waals surface area (Å²) >= 11 is 1.95. The second-order valence-corrected chi connectivity index (χ2v) is 13.4. The van der Waals surface area contributed by atoms with Crippen LogP contribution in [-0.4, -0.2) is 4.98 Å². The minimum Gasteiger partial charge on any atom is -0.454 e. The predicted octanol–water partition coefficient (Wildman–Crippen LogP) is 9.51. The zero-order valence-corrected chi connectivity index (χ0v) is 22.1. The molecule has 0 amide bonds. The largest absolute Gasteiger partial charge is 0.454 e. The van der Waals surface area contributed by atoms with Crippen LogP contribution in [0.25, 0.3) is 43.3 Å². The Balaban J connectivity index is 1.65. The lowest BCUT2D eigenvalue weighted by atomic mass is 9.66. The van der Waals surface area contributed by atoms with Crippen molar-refractivity contribution in [2.75, 3.05) is 0 Å². The van der Waals surface area contributed by atoms with Gasteiger partial charge in [0.15, 0.2) is 5.58 Å². The van der Waals surface area contributed by atoms with E-state index >= 15 is 0 Å². The Hall–Kier alpha value is -2.65. The van der Waals surface area contributed by atoms with Crippen molar-refractivity contribution in [3.05, 3.63) is 64.7 Å². The Kier molecular flexibility index (Phi) is 4.46. The molecule has 34 heavy (non-hydrogen) atoms. The van der Waals surface area contributed by atoms with Crippen LogP contribution in [0.15, 0.2) is 53.1 Å². The van der Waals surface area contributed by atoms with Gasteiger partial charge in [-0.3, -0.25) is 4.98 Å². The highest BCUT2D eigenvalue weighted by Gasteiger charge is 2.40. The van der Waals surface area contributed by atoms with Crippen molar-refractivity contribution < 1.29 is 4.42 Å². The summed E-state index contributed by atoms with van der Waals surface area (Å²) in [5.41, 5.74) is 7.28. The van der Waals surface area contributed by atoms with Gasteiger partial charge in [-0.05, 0) is 64.5 Å². The summed E-state index contributed by atoms with van der Waals surface area (Å²) in [6, 6.07) is 15.4. The van der Waals surface area contributed by atoms with Gasteiger partial charge < -0.3 is 4.42 Å². The molecule has 0 bridgehead atoms. The third-order valence-electron chi connectivity index (χ3n) is 7.89. The van der Waals surface area contributed by atoms with Crippen molar-refractivity contribution in [1.82, 2.24) is 4.98 Å². The maximum Gasteiger partial charge on any atom is 0.153 e. The van der Waals surface area contributed by atoms with E-state index in [4.69, 9.17) is 9.40 Å². The minimum atomic E-state index is 0.0707. The Morgan fingerprint density at radius 2 is 1.56 bits per heavy atom. The third kappa shape index (κ3) is 3.09. The normalized spacial score (nSPS) is 17.5. The first-order valence-electron chi connectivity index (χ1n) is 12.4. The second-order valence-electron chi connectivity index (χ2n) is 12.4. The average Bonchev–Trinajstić information content (AvgIpc) is 3.36. The molecule has 0 aliphatic heterocycles. The lowest BCUT2D eigenvalue weighted by molar-refractivity contribution is 0.341. The summed E-state index contributed by atoms with van der Waals surface area (Å²) in [4.78, 5) is 6.27. The van der Waals surface area contributed by atoms with E-state index in [1.165, 1.54) is 49.7 Å². The first-order chi connectivity index (χ1) is 16.0. The molecular weight excluding hydrogens is 434 g/mol. The van der Waals surface area contributed by atoms with Crippen LogP contribution in [-0.2, 0) is 16.2 Å². The quantitative estimate of drug-likeness (QED) is 0.245. The molecule has 1 aliphatic carbocycles. The lowest BCUT2D eigenvalue weighted by Crippen LogP contribution is -2.32. The number of benzene rings is 2. The van der Waals surface area contributed by atoms with Crippen molar-refractivity contribution in [2.24, 2.45) is 0 Å². The van der Waals surface area contributed by atoms with E-state index < -0.39 is 0 Å². The van der Waals surface area contributed by atoms with E-state index in [2.05, 4.69) is 90.9 Å². The Bertz CT molecular complexity index is 1590. The number of rotatable bonds is 1.